The molecule has 0 saturated carbocycles. The molecule has 1 aliphatic heterocycles. The van der Waals surface area contributed by atoms with Crippen LogP contribution in [0.25, 0.3) is 0 Å². The van der Waals surface area contributed by atoms with Crippen LogP contribution in [0.4, 0.5) is 4.79 Å². The van der Waals surface area contributed by atoms with E-state index in [9.17, 15) is 9.59 Å². The first kappa shape index (κ1) is 16.8. The van der Waals surface area contributed by atoms with Gasteiger partial charge in [-0.3, -0.25) is 4.79 Å². The molecule has 1 amide bonds. The lowest BCUT2D eigenvalue weighted by Gasteiger charge is -2.35. The molecule has 0 aromatic heterocycles. The van der Waals surface area contributed by atoms with Crippen LogP contribution >= 0.6 is 0 Å². The molecule has 1 atom stereocenters. The number of hydrogen-bond donors (Lipinski definition) is 1. The van der Waals surface area contributed by atoms with Gasteiger partial charge < -0.3 is 19.7 Å². The van der Waals surface area contributed by atoms with Crippen molar-refractivity contribution in [2.24, 2.45) is 5.92 Å². The molecule has 1 saturated heterocycles. The number of hydrogen-bond acceptors (Lipinski definition) is 5. The lowest BCUT2D eigenvalue weighted by molar-refractivity contribution is -0.144. The van der Waals surface area contributed by atoms with Gasteiger partial charge in [0, 0.05) is 13.1 Å². The van der Waals surface area contributed by atoms with Crippen LogP contribution in [0.2, 0.25) is 0 Å². The van der Waals surface area contributed by atoms with Crippen LogP contribution in [0.3, 0.4) is 0 Å². The standard InChI is InChI=1S/C14H26N2O4/c1-14(2,3)20-13(18)16-8-6-10(7-9-16)11(15-4)12(17)19-5/h10-11,15H,6-9H2,1-5H3/t11-/m0/s1. The van der Waals surface area contributed by atoms with Crippen molar-refractivity contribution in [1.29, 1.82) is 0 Å². The van der Waals surface area contributed by atoms with Gasteiger partial charge in [0.15, 0.2) is 0 Å². The average Bonchev–Trinajstić information content (AvgIpc) is 2.38. The van der Waals surface area contributed by atoms with E-state index in [0.717, 1.165) is 12.8 Å². The molecule has 0 aliphatic carbocycles. The number of methoxy groups -OCH3 is 1. The second-order valence-corrected chi connectivity index (χ2v) is 6.09. The first-order valence-electron chi connectivity index (χ1n) is 7.01. The summed E-state index contributed by atoms with van der Waals surface area (Å²) in [5, 5.41) is 3.00. The van der Waals surface area contributed by atoms with Crippen molar-refractivity contribution in [2.75, 3.05) is 27.2 Å². The summed E-state index contributed by atoms with van der Waals surface area (Å²) in [4.78, 5) is 25.3. The highest BCUT2D eigenvalue weighted by atomic mass is 16.6. The van der Waals surface area contributed by atoms with Crippen molar-refractivity contribution in [3.63, 3.8) is 0 Å². The van der Waals surface area contributed by atoms with Crippen molar-refractivity contribution in [3.8, 4) is 0 Å². The molecule has 6 heteroatoms. The van der Waals surface area contributed by atoms with Crippen molar-refractivity contribution in [3.05, 3.63) is 0 Å². The second-order valence-electron chi connectivity index (χ2n) is 6.09. The Bertz CT molecular complexity index is 344. The van der Waals surface area contributed by atoms with Crippen molar-refractivity contribution >= 4 is 12.1 Å². The molecular formula is C14H26N2O4. The average molecular weight is 286 g/mol. The maximum absolute atomic E-state index is 11.9. The van der Waals surface area contributed by atoms with E-state index in [2.05, 4.69) is 5.32 Å². The van der Waals surface area contributed by atoms with Gasteiger partial charge in [0.25, 0.3) is 0 Å². The topological polar surface area (TPSA) is 67.9 Å². The molecule has 0 bridgehead atoms. The smallest absolute Gasteiger partial charge is 0.410 e. The molecule has 1 aliphatic rings. The highest BCUT2D eigenvalue weighted by Crippen LogP contribution is 2.23. The molecule has 6 nitrogen and oxygen atoms in total. The maximum Gasteiger partial charge on any atom is 0.410 e. The zero-order valence-corrected chi connectivity index (χ0v) is 13.1. The number of nitrogens with one attached hydrogen (secondary N) is 1. The van der Waals surface area contributed by atoms with Gasteiger partial charge in [0.05, 0.1) is 7.11 Å². The summed E-state index contributed by atoms with van der Waals surface area (Å²) >= 11 is 0. The lowest BCUT2D eigenvalue weighted by atomic mass is 9.89. The van der Waals surface area contributed by atoms with Crippen LogP contribution in [-0.4, -0.2) is 55.9 Å². The summed E-state index contributed by atoms with van der Waals surface area (Å²) < 4.78 is 10.1. The van der Waals surface area contributed by atoms with Gasteiger partial charge in [-0.2, -0.15) is 0 Å². The molecule has 0 spiro atoms. The largest absolute Gasteiger partial charge is 0.468 e. The van der Waals surface area contributed by atoms with Gasteiger partial charge in [0.2, 0.25) is 0 Å². The third kappa shape index (κ3) is 4.67. The summed E-state index contributed by atoms with van der Waals surface area (Å²) in [6.45, 7) is 6.77. The van der Waals surface area contributed by atoms with E-state index in [1.807, 2.05) is 20.8 Å². The summed E-state index contributed by atoms with van der Waals surface area (Å²) in [5.41, 5.74) is -0.479. The van der Waals surface area contributed by atoms with Crippen molar-refractivity contribution in [2.45, 2.75) is 45.3 Å². The van der Waals surface area contributed by atoms with E-state index in [0.29, 0.717) is 13.1 Å². The quantitative estimate of drug-likeness (QED) is 0.794. The van der Waals surface area contributed by atoms with Crippen LogP contribution in [0, 0.1) is 5.92 Å². The van der Waals surface area contributed by atoms with Gasteiger partial charge >= 0.3 is 12.1 Å². The van der Waals surface area contributed by atoms with Crippen LogP contribution in [0.15, 0.2) is 0 Å². The van der Waals surface area contributed by atoms with Crippen LogP contribution in [0.1, 0.15) is 33.6 Å². The van der Waals surface area contributed by atoms with E-state index in [-0.39, 0.29) is 24.0 Å². The Labute approximate surface area is 120 Å². The van der Waals surface area contributed by atoms with Gasteiger partial charge in [0.1, 0.15) is 11.6 Å². The third-order valence-electron chi connectivity index (χ3n) is 3.43. The normalized spacial score (nSPS) is 18.6. The number of carbonyl (C=O) groups excluding carboxylic acids is 2. The number of piperidine rings is 1. The number of nitrogens with zero attached hydrogens (tertiary/aromatic N) is 1. The highest BCUT2D eigenvalue weighted by molar-refractivity contribution is 5.76. The Morgan fingerprint density at radius 2 is 1.80 bits per heavy atom. The predicted molar refractivity (Wildman–Crippen MR) is 75.4 cm³/mol. The van der Waals surface area contributed by atoms with Crippen LogP contribution in [0.5, 0.6) is 0 Å². The zero-order chi connectivity index (χ0) is 15.3. The molecule has 1 rings (SSSR count). The molecular weight excluding hydrogens is 260 g/mol. The van der Waals surface area contributed by atoms with E-state index >= 15 is 0 Å². The first-order valence-corrected chi connectivity index (χ1v) is 7.01. The minimum Gasteiger partial charge on any atom is -0.468 e. The third-order valence-corrected chi connectivity index (χ3v) is 3.43. The predicted octanol–water partition coefficient (Wildman–Crippen LogP) is 1.39. The van der Waals surface area contributed by atoms with Gasteiger partial charge in [-0.25, -0.2) is 4.79 Å². The highest BCUT2D eigenvalue weighted by Gasteiger charge is 2.33. The van der Waals surface area contributed by atoms with E-state index in [1.165, 1.54) is 7.11 Å². The van der Waals surface area contributed by atoms with Crippen molar-refractivity contribution in [1.82, 2.24) is 10.2 Å². The van der Waals surface area contributed by atoms with Crippen molar-refractivity contribution < 1.29 is 19.1 Å². The second kappa shape index (κ2) is 6.92. The Kier molecular flexibility index (Phi) is 5.80. The summed E-state index contributed by atoms with van der Waals surface area (Å²) in [7, 11) is 3.14. The monoisotopic (exact) mass is 286 g/mol. The van der Waals surface area contributed by atoms with Gasteiger partial charge in [-0.15, -0.1) is 0 Å². The number of carbonyl (C=O) groups is 2. The Morgan fingerprint density at radius 3 is 2.20 bits per heavy atom. The molecule has 0 unspecified atom stereocenters. The number of likely N-dealkylation sites (N-methyl/N-ethyl adjacent to an activating group) is 1. The number of rotatable bonds is 3. The molecule has 1 N–H and O–H groups in total. The molecule has 0 aromatic rings. The lowest BCUT2D eigenvalue weighted by Crippen LogP contribution is -2.48. The number of amides is 1. The Balaban J connectivity index is 2.51. The number of ether oxygens (including phenoxy) is 2. The Hall–Kier alpha value is -1.30. The molecule has 1 heterocycles. The van der Waals surface area contributed by atoms with Crippen LogP contribution in [-0.2, 0) is 14.3 Å². The Morgan fingerprint density at radius 1 is 1.25 bits per heavy atom. The molecule has 1 fully saturated rings. The van der Waals surface area contributed by atoms with Gasteiger partial charge in [-0.1, -0.05) is 0 Å². The van der Waals surface area contributed by atoms with E-state index in [4.69, 9.17) is 9.47 Å². The summed E-state index contributed by atoms with van der Waals surface area (Å²) in [5.74, 6) is -0.0608. The summed E-state index contributed by atoms with van der Waals surface area (Å²) in [6.07, 6.45) is 1.25. The minimum absolute atomic E-state index is 0.186. The van der Waals surface area contributed by atoms with E-state index < -0.39 is 5.60 Å². The zero-order valence-electron chi connectivity index (χ0n) is 13.1. The maximum atomic E-state index is 11.9. The van der Waals surface area contributed by atoms with E-state index in [1.54, 1.807) is 11.9 Å². The molecule has 116 valence electrons. The summed E-state index contributed by atoms with van der Waals surface area (Å²) in [6, 6.07) is -0.305. The van der Waals surface area contributed by atoms with Crippen LogP contribution < -0.4 is 5.32 Å². The fourth-order valence-electron chi connectivity index (χ4n) is 2.41. The van der Waals surface area contributed by atoms with Gasteiger partial charge in [-0.05, 0) is 46.6 Å². The SMILES string of the molecule is CN[C@H](C(=O)OC)C1CCN(C(=O)OC(C)(C)C)CC1. The fourth-order valence-corrected chi connectivity index (χ4v) is 2.41. The minimum atomic E-state index is -0.479. The number of likely N-dealkylation sites (tertiary alicyclic amines) is 1. The molecule has 0 radical (unpaired) electrons. The first-order chi connectivity index (χ1) is 9.28. The molecule has 0 aromatic carbocycles. The number of esters is 1. The fraction of sp³-hybridized carbons (Fsp3) is 0.857. The molecule has 20 heavy (non-hydrogen) atoms.